The molecule has 0 bridgehead atoms. The van der Waals surface area contributed by atoms with Gasteiger partial charge in [-0.05, 0) is 19.1 Å². The number of nitrogens with zero attached hydrogens (tertiary/aromatic N) is 2. The van der Waals surface area contributed by atoms with Gasteiger partial charge in [-0.25, -0.2) is 0 Å². The first kappa shape index (κ1) is 10.6. The number of aromatic nitrogens is 2. The third kappa shape index (κ3) is 2.79. The molecule has 0 radical (unpaired) electrons. The van der Waals surface area contributed by atoms with E-state index in [9.17, 15) is 18.0 Å². The Morgan fingerprint density at radius 2 is 2.00 bits per heavy atom. The van der Waals surface area contributed by atoms with Crippen LogP contribution in [0.25, 0.3) is 0 Å². The van der Waals surface area contributed by atoms with Crippen molar-refractivity contribution in [2.45, 2.75) is 19.5 Å². The van der Waals surface area contributed by atoms with Gasteiger partial charge in [0, 0.05) is 0 Å². The van der Waals surface area contributed by atoms with Crippen molar-refractivity contribution in [1.82, 2.24) is 10.2 Å². The smallest absolute Gasteiger partial charge is 0.300 e. The highest BCUT2D eigenvalue weighted by Crippen LogP contribution is 2.26. The SMILES string of the molecule is CC(=O)Cc1ccc(C(F)(F)F)nn1. The summed E-state index contributed by atoms with van der Waals surface area (Å²) in [6, 6.07) is 1.96. The number of ketones is 1. The Labute approximate surface area is 78.0 Å². The van der Waals surface area contributed by atoms with Gasteiger partial charge in [-0.2, -0.15) is 18.3 Å². The molecule has 0 N–H and O–H groups in total. The summed E-state index contributed by atoms with van der Waals surface area (Å²) in [5.41, 5.74) is -0.810. The fourth-order valence-electron chi connectivity index (χ4n) is 0.860. The summed E-state index contributed by atoms with van der Waals surface area (Å²) in [7, 11) is 0. The van der Waals surface area contributed by atoms with Gasteiger partial charge in [0.15, 0.2) is 5.69 Å². The predicted molar refractivity (Wildman–Crippen MR) is 41.4 cm³/mol. The molecule has 0 amide bonds. The third-order valence-corrected chi connectivity index (χ3v) is 1.44. The Kier molecular flexibility index (Phi) is 2.83. The average molecular weight is 204 g/mol. The quantitative estimate of drug-likeness (QED) is 0.735. The van der Waals surface area contributed by atoms with E-state index in [1.165, 1.54) is 6.92 Å². The fourth-order valence-corrected chi connectivity index (χ4v) is 0.860. The van der Waals surface area contributed by atoms with E-state index in [-0.39, 0.29) is 17.9 Å². The van der Waals surface area contributed by atoms with Crippen LogP contribution in [0.5, 0.6) is 0 Å². The molecule has 6 heteroatoms. The highest BCUT2D eigenvalue weighted by atomic mass is 19.4. The minimum absolute atomic E-state index is 0.00510. The summed E-state index contributed by atoms with van der Waals surface area (Å²) < 4.78 is 36.0. The van der Waals surface area contributed by atoms with Gasteiger partial charge in [0.25, 0.3) is 0 Å². The largest absolute Gasteiger partial charge is 0.435 e. The van der Waals surface area contributed by atoms with Crippen LogP contribution in [0.2, 0.25) is 0 Å². The number of hydrogen-bond acceptors (Lipinski definition) is 3. The van der Waals surface area contributed by atoms with Crippen molar-refractivity contribution in [3.8, 4) is 0 Å². The van der Waals surface area contributed by atoms with Gasteiger partial charge in [-0.15, -0.1) is 5.10 Å². The van der Waals surface area contributed by atoms with E-state index >= 15 is 0 Å². The van der Waals surface area contributed by atoms with E-state index in [0.717, 1.165) is 12.1 Å². The molecular formula is C8H7F3N2O. The van der Waals surface area contributed by atoms with Crippen LogP contribution in [0.4, 0.5) is 13.2 Å². The van der Waals surface area contributed by atoms with Crippen LogP contribution < -0.4 is 0 Å². The lowest BCUT2D eigenvalue weighted by atomic mass is 10.2. The van der Waals surface area contributed by atoms with Crippen molar-refractivity contribution in [3.05, 3.63) is 23.5 Å². The maximum absolute atomic E-state index is 12.0. The van der Waals surface area contributed by atoms with Crippen molar-refractivity contribution in [2.75, 3.05) is 0 Å². The van der Waals surface area contributed by atoms with Crippen LogP contribution in [-0.2, 0) is 17.4 Å². The highest BCUT2D eigenvalue weighted by molar-refractivity contribution is 5.77. The van der Waals surface area contributed by atoms with Crippen molar-refractivity contribution in [3.63, 3.8) is 0 Å². The first-order chi connectivity index (χ1) is 6.39. The van der Waals surface area contributed by atoms with Crippen molar-refractivity contribution >= 4 is 5.78 Å². The average Bonchev–Trinajstić information content (AvgIpc) is 2.02. The number of carbonyl (C=O) groups excluding carboxylic acids is 1. The molecule has 0 atom stereocenters. The Balaban J connectivity index is 2.84. The Bertz CT molecular complexity index is 331. The summed E-state index contributed by atoms with van der Waals surface area (Å²) in [4.78, 5) is 10.6. The van der Waals surface area contributed by atoms with Crippen LogP contribution in [0.1, 0.15) is 18.3 Å². The second kappa shape index (κ2) is 3.73. The molecule has 0 fully saturated rings. The van der Waals surface area contributed by atoms with Crippen LogP contribution in [0.3, 0.4) is 0 Å². The summed E-state index contributed by atoms with van der Waals surface area (Å²) in [5, 5.41) is 6.27. The molecule has 0 spiro atoms. The van der Waals surface area contributed by atoms with Crippen molar-refractivity contribution in [2.24, 2.45) is 0 Å². The minimum atomic E-state index is -4.48. The van der Waals surface area contributed by atoms with E-state index in [0.29, 0.717) is 0 Å². The Hall–Kier alpha value is -1.46. The topological polar surface area (TPSA) is 42.9 Å². The number of Topliss-reactive ketones (excluding diaryl/α,β-unsaturated/α-hetero) is 1. The van der Waals surface area contributed by atoms with Crippen LogP contribution in [-0.4, -0.2) is 16.0 Å². The molecule has 1 aromatic rings. The number of alkyl halides is 3. The molecule has 14 heavy (non-hydrogen) atoms. The summed E-state index contributed by atoms with van der Waals surface area (Å²) in [5.74, 6) is -0.168. The van der Waals surface area contributed by atoms with E-state index in [2.05, 4.69) is 10.2 Å². The first-order valence-electron chi connectivity index (χ1n) is 3.79. The molecule has 0 aliphatic carbocycles. The van der Waals surface area contributed by atoms with Gasteiger partial charge in [0.2, 0.25) is 0 Å². The summed E-state index contributed by atoms with van der Waals surface area (Å²) in [6.45, 7) is 1.33. The van der Waals surface area contributed by atoms with Crippen molar-refractivity contribution in [1.29, 1.82) is 0 Å². The van der Waals surface area contributed by atoms with E-state index in [4.69, 9.17) is 0 Å². The normalized spacial score (nSPS) is 11.4. The molecule has 1 aromatic heterocycles. The monoisotopic (exact) mass is 204 g/mol. The molecular weight excluding hydrogens is 197 g/mol. The van der Waals surface area contributed by atoms with Crippen LogP contribution in [0, 0.1) is 0 Å². The summed E-state index contributed by atoms with van der Waals surface area (Å²) in [6.07, 6.45) is -4.48. The lowest BCUT2D eigenvalue weighted by Gasteiger charge is -2.04. The maximum Gasteiger partial charge on any atom is 0.435 e. The molecule has 0 aromatic carbocycles. The lowest BCUT2D eigenvalue weighted by molar-refractivity contribution is -0.141. The predicted octanol–water partition coefficient (Wildman–Crippen LogP) is 1.63. The van der Waals surface area contributed by atoms with Crippen LogP contribution in [0.15, 0.2) is 12.1 Å². The second-order valence-corrected chi connectivity index (χ2v) is 2.79. The van der Waals surface area contributed by atoms with E-state index < -0.39 is 11.9 Å². The second-order valence-electron chi connectivity index (χ2n) is 2.79. The molecule has 0 saturated carbocycles. The van der Waals surface area contributed by atoms with Gasteiger partial charge in [0.05, 0.1) is 12.1 Å². The summed E-state index contributed by atoms with van der Waals surface area (Å²) >= 11 is 0. The number of carbonyl (C=O) groups is 1. The van der Waals surface area contributed by atoms with E-state index in [1.807, 2.05) is 0 Å². The molecule has 1 heterocycles. The maximum atomic E-state index is 12.0. The fraction of sp³-hybridized carbons (Fsp3) is 0.375. The third-order valence-electron chi connectivity index (χ3n) is 1.44. The molecule has 0 aliphatic heterocycles. The molecule has 0 aliphatic rings. The minimum Gasteiger partial charge on any atom is -0.300 e. The zero-order valence-corrected chi connectivity index (χ0v) is 7.30. The van der Waals surface area contributed by atoms with Crippen molar-refractivity contribution < 1.29 is 18.0 Å². The molecule has 3 nitrogen and oxygen atoms in total. The van der Waals surface area contributed by atoms with Gasteiger partial charge in [-0.3, -0.25) is 4.79 Å². The zero-order chi connectivity index (χ0) is 10.8. The van der Waals surface area contributed by atoms with Gasteiger partial charge in [-0.1, -0.05) is 0 Å². The van der Waals surface area contributed by atoms with Gasteiger partial charge in [0.1, 0.15) is 5.78 Å². The van der Waals surface area contributed by atoms with Gasteiger partial charge >= 0.3 is 6.18 Å². The zero-order valence-electron chi connectivity index (χ0n) is 7.30. The molecule has 0 saturated heterocycles. The first-order valence-corrected chi connectivity index (χ1v) is 3.79. The highest BCUT2D eigenvalue weighted by Gasteiger charge is 2.32. The number of halogens is 3. The number of rotatable bonds is 2. The van der Waals surface area contributed by atoms with Gasteiger partial charge < -0.3 is 0 Å². The van der Waals surface area contributed by atoms with E-state index in [1.54, 1.807) is 0 Å². The van der Waals surface area contributed by atoms with Crippen LogP contribution >= 0.6 is 0 Å². The molecule has 1 rings (SSSR count). The lowest BCUT2D eigenvalue weighted by Crippen LogP contribution is -2.10. The number of hydrogen-bond donors (Lipinski definition) is 0. The molecule has 76 valence electrons. The Morgan fingerprint density at radius 1 is 1.36 bits per heavy atom. The molecule has 0 unspecified atom stereocenters. The Morgan fingerprint density at radius 3 is 2.36 bits per heavy atom. The standard InChI is InChI=1S/C8H7F3N2O/c1-5(14)4-6-2-3-7(13-12-6)8(9,10)11/h2-3H,4H2,1H3.